The third kappa shape index (κ3) is 8.16. The van der Waals surface area contributed by atoms with Gasteiger partial charge in [-0.25, -0.2) is 4.79 Å². The van der Waals surface area contributed by atoms with E-state index in [0.717, 1.165) is 48.7 Å². The van der Waals surface area contributed by atoms with Gasteiger partial charge in [0, 0.05) is 43.2 Å². The van der Waals surface area contributed by atoms with Crippen LogP contribution < -0.4 is 18.9 Å². The number of nitrogens with zero attached hydrogens (tertiary/aromatic N) is 2. The summed E-state index contributed by atoms with van der Waals surface area (Å²) in [5.74, 6) is 0.687. The number of allylic oxidation sites excluding steroid dienone is 1. The summed E-state index contributed by atoms with van der Waals surface area (Å²) in [6.45, 7) is 4.50. The van der Waals surface area contributed by atoms with E-state index in [0.29, 0.717) is 52.9 Å². The van der Waals surface area contributed by atoms with Gasteiger partial charge in [-0.05, 0) is 91.1 Å². The lowest BCUT2D eigenvalue weighted by Gasteiger charge is -2.59. The molecule has 6 unspecified atom stereocenters. The number of methoxy groups -OCH3 is 1. The van der Waals surface area contributed by atoms with Crippen LogP contribution in [-0.2, 0) is 20.9 Å². The zero-order valence-corrected chi connectivity index (χ0v) is 33.0. The number of ether oxygens (including phenoxy) is 6. The molecule has 2 aliphatic heterocycles. The monoisotopic (exact) mass is 796 g/mol. The number of hydrogen-bond acceptors (Lipinski definition) is 12. The lowest BCUT2D eigenvalue weighted by molar-refractivity contribution is -0.256. The molecule has 13 nitrogen and oxygen atoms in total. The molecule has 2 N–H and O–H groups in total. The standard InChI is InChI=1S/C45H52N2O11/c1-4-20-56-45-41(47(44(51)52-2)26-29-14-16-39-40(22-29)55-28-54-39)25-37(46-53-3)35-23-31(11-5-7-18-48)34(13-6-8-19-49)42(43(35)45)36-24-33(15-17-38(36)58-45)57-32-12-9-10-30(21-32)27-50/h4,9-10,12,14-17,21-24,27,31,34,41-43,48-49H,1,5-8,11,13,18-20,25-26,28H2,2-3H3. The third-order valence-corrected chi connectivity index (χ3v) is 11.7. The van der Waals surface area contributed by atoms with Gasteiger partial charge >= 0.3 is 6.09 Å². The molecule has 3 aromatic carbocycles. The molecule has 2 heterocycles. The minimum atomic E-state index is -1.47. The highest BCUT2D eigenvalue weighted by atomic mass is 16.7. The largest absolute Gasteiger partial charge is 0.459 e. The van der Waals surface area contributed by atoms with E-state index in [1.807, 2.05) is 36.4 Å². The van der Waals surface area contributed by atoms with Crippen molar-refractivity contribution in [2.45, 2.75) is 69.2 Å². The quantitative estimate of drug-likeness (QED) is 0.0568. The number of aliphatic hydroxyl groups excluding tert-OH is 2. The second-order valence-electron chi connectivity index (χ2n) is 15.0. The van der Waals surface area contributed by atoms with E-state index in [9.17, 15) is 19.8 Å². The molecule has 1 amide bonds. The maximum absolute atomic E-state index is 14.1. The minimum absolute atomic E-state index is 0.0185. The predicted octanol–water partition coefficient (Wildman–Crippen LogP) is 7.55. The van der Waals surface area contributed by atoms with Crippen molar-refractivity contribution in [1.82, 2.24) is 4.90 Å². The first kappa shape index (κ1) is 40.8. The Bertz CT molecular complexity index is 2020. The average molecular weight is 797 g/mol. The van der Waals surface area contributed by atoms with Gasteiger partial charge in [0.05, 0.1) is 25.3 Å². The van der Waals surface area contributed by atoms with Crippen molar-refractivity contribution in [3.05, 3.63) is 102 Å². The minimum Gasteiger partial charge on any atom is -0.459 e. The lowest BCUT2D eigenvalue weighted by atomic mass is 9.55. The number of aliphatic hydroxyl groups is 2. The molecule has 1 fully saturated rings. The summed E-state index contributed by atoms with van der Waals surface area (Å²) in [5.41, 5.74) is 3.74. The summed E-state index contributed by atoms with van der Waals surface area (Å²) >= 11 is 0. The molecule has 308 valence electrons. The third-order valence-electron chi connectivity index (χ3n) is 11.7. The Kier molecular flexibility index (Phi) is 13.0. The Morgan fingerprint density at radius 1 is 0.966 bits per heavy atom. The van der Waals surface area contributed by atoms with Gasteiger partial charge in [0.25, 0.3) is 0 Å². The maximum Gasteiger partial charge on any atom is 0.410 e. The first-order valence-corrected chi connectivity index (χ1v) is 20.0. The number of unbranched alkanes of at least 4 members (excludes halogenated alkanes) is 2. The predicted molar refractivity (Wildman–Crippen MR) is 214 cm³/mol. The Morgan fingerprint density at radius 3 is 2.50 bits per heavy atom. The van der Waals surface area contributed by atoms with Crippen LogP contribution in [0.2, 0.25) is 0 Å². The zero-order chi connectivity index (χ0) is 40.6. The first-order chi connectivity index (χ1) is 28.4. The SMILES string of the molecule is C=CCOC12Oc3ccc(Oc4cccc(C=O)c4)cc3C3C(CCCCO)C(CCCCO)C=C(C(=NOC)CC1N(Cc1ccc4c(c1)OCO4)C(=O)OC)C32. The topological polar surface area (TPSA) is 155 Å². The fourth-order valence-corrected chi connectivity index (χ4v) is 9.26. The number of carbonyl (C=O) groups excluding carboxylic acids is 2. The molecule has 6 atom stereocenters. The first-order valence-electron chi connectivity index (χ1n) is 20.0. The second-order valence-corrected chi connectivity index (χ2v) is 15.0. The molecule has 13 heteroatoms. The highest BCUT2D eigenvalue weighted by Gasteiger charge is 2.65. The number of aldehydes is 1. The molecule has 4 aliphatic rings. The number of amides is 1. The molecule has 0 bridgehead atoms. The number of oxime groups is 1. The average Bonchev–Trinajstić information content (AvgIpc) is 3.72. The van der Waals surface area contributed by atoms with Gasteiger partial charge in [-0.15, -0.1) is 6.58 Å². The van der Waals surface area contributed by atoms with Gasteiger partial charge in [-0.1, -0.05) is 48.3 Å². The van der Waals surface area contributed by atoms with E-state index < -0.39 is 23.8 Å². The Hall–Kier alpha value is -5.37. The molecule has 0 aromatic heterocycles. The maximum atomic E-state index is 14.1. The van der Waals surface area contributed by atoms with Gasteiger partial charge in [-0.3, -0.25) is 9.69 Å². The fraction of sp³-hybridized carbons (Fsp3) is 0.444. The van der Waals surface area contributed by atoms with Crippen molar-refractivity contribution in [3.8, 4) is 28.7 Å². The number of benzene rings is 3. The van der Waals surface area contributed by atoms with E-state index >= 15 is 0 Å². The van der Waals surface area contributed by atoms with E-state index in [2.05, 4.69) is 17.8 Å². The van der Waals surface area contributed by atoms with Crippen LogP contribution in [0.25, 0.3) is 0 Å². The van der Waals surface area contributed by atoms with Crippen molar-refractivity contribution in [2.24, 2.45) is 22.9 Å². The molecule has 0 spiro atoms. The number of carbonyl (C=O) groups is 2. The van der Waals surface area contributed by atoms with Crippen molar-refractivity contribution in [3.63, 3.8) is 0 Å². The van der Waals surface area contributed by atoms with Crippen molar-refractivity contribution in [2.75, 3.05) is 40.8 Å². The summed E-state index contributed by atoms with van der Waals surface area (Å²) in [4.78, 5) is 32.9. The molecule has 3 aromatic rings. The van der Waals surface area contributed by atoms with Gasteiger partial charge in [0.1, 0.15) is 36.7 Å². The summed E-state index contributed by atoms with van der Waals surface area (Å²) in [5, 5.41) is 24.4. The normalized spacial score (nSPS) is 24.4. The van der Waals surface area contributed by atoms with Crippen molar-refractivity contribution in [1.29, 1.82) is 0 Å². The van der Waals surface area contributed by atoms with Crippen LogP contribution in [0.1, 0.15) is 72.3 Å². The molecule has 7 rings (SSSR count). The second kappa shape index (κ2) is 18.5. The smallest absolute Gasteiger partial charge is 0.410 e. The van der Waals surface area contributed by atoms with E-state index in [-0.39, 0.29) is 57.3 Å². The highest BCUT2D eigenvalue weighted by Crippen LogP contribution is 2.62. The van der Waals surface area contributed by atoms with Crippen LogP contribution in [0.15, 0.2) is 90.1 Å². The summed E-state index contributed by atoms with van der Waals surface area (Å²) < 4.78 is 37.4. The molecule has 0 saturated heterocycles. The van der Waals surface area contributed by atoms with Crippen LogP contribution in [0.5, 0.6) is 28.7 Å². The van der Waals surface area contributed by atoms with E-state index in [4.69, 9.17) is 33.3 Å². The van der Waals surface area contributed by atoms with Gasteiger partial charge in [-0.2, -0.15) is 0 Å². The van der Waals surface area contributed by atoms with Crippen LogP contribution in [0.4, 0.5) is 4.79 Å². The Balaban J connectivity index is 1.43. The fourth-order valence-electron chi connectivity index (χ4n) is 9.26. The van der Waals surface area contributed by atoms with Crippen molar-refractivity contribution < 1.29 is 53.1 Å². The molecule has 2 aliphatic carbocycles. The van der Waals surface area contributed by atoms with Crippen molar-refractivity contribution >= 4 is 18.1 Å². The van der Waals surface area contributed by atoms with Gasteiger partial charge in [0.2, 0.25) is 12.6 Å². The highest BCUT2D eigenvalue weighted by molar-refractivity contribution is 6.03. The van der Waals surface area contributed by atoms with Crippen LogP contribution in [-0.4, -0.2) is 85.9 Å². The molecular weight excluding hydrogens is 744 g/mol. The van der Waals surface area contributed by atoms with Crippen LogP contribution >= 0.6 is 0 Å². The molecule has 1 saturated carbocycles. The number of rotatable bonds is 18. The number of hydrogen-bond donors (Lipinski definition) is 2. The molecule has 58 heavy (non-hydrogen) atoms. The molecule has 0 radical (unpaired) electrons. The number of fused-ring (bicyclic) bond motifs is 3. The molecular formula is C45H52N2O11. The summed E-state index contributed by atoms with van der Waals surface area (Å²) in [6, 6.07) is 17.5. The van der Waals surface area contributed by atoms with Gasteiger partial charge < -0.3 is 43.5 Å². The van der Waals surface area contributed by atoms with Crippen LogP contribution in [0, 0.1) is 17.8 Å². The zero-order valence-electron chi connectivity index (χ0n) is 33.0. The van der Waals surface area contributed by atoms with E-state index in [1.165, 1.54) is 14.2 Å². The Morgan fingerprint density at radius 2 is 1.74 bits per heavy atom. The van der Waals surface area contributed by atoms with E-state index in [1.54, 1.807) is 35.2 Å². The summed E-state index contributed by atoms with van der Waals surface area (Å²) in [6.07, 6.45) is 8.82. The van der Waals surface area contributed by atoms with Crippen LogP contribution in [0.3, 0.4) is 0 Å². The Labute approximate surface area is 338 Å². The van der Waals surface area contributed by atoms with Gasteiger partial charge in [0.15, 0.2) is 11.5 Å². The summed E-state index contributed by atoms with van der Waals surface area (Å²) in [7, 11) is 2.86. The lowest BCUT2D eigenvalue weighted by Crippen LogP contribution is -2.70.